The van der Waals surface area contributed by atoms with Gasteiger partial charge in [-0.2, -0.15) is 0 Å². The van der Waals surface area contributed by atoms with Crippen LogP contribution in [0.25, 0.3) is 10.2 Å². The number of benzene rings is 2. The van der Waals surface area contributed by atoms with Crippen LogP contribution in [0, 0.1) is 27.7 Å². The van der Waals surface area contributed by atoms with E-state index in [0.717, 1.165) is 40.5 Å². The predicted molar refractivity (Wildman–Crippen MR) is 129 cm³/mol. The van der Waals surface area contributed by atoms with Crippen molar-refractivity contribution in [1.82, 2.24) is 9.88 Å². The molecule has 0 radical (unpaired) electrons. The summed E-state index contributed by atoms with van der Waals surface area (Å²) in [5.74, 6) is 0.119. The summed E-state index contributed by atoms with van der Waals surface area (Å²) in [7, 11) is 0. The second-order valence-electron chi connectivity index (χ2n) is 8.09. The van der Waals surface area contributed by atoms with Crippen molar-refractivity contribution >= 4 is 32.6 Å². The fourth-order valence-electron chi connectivity index (χ4n) is 3.98. The van der Waals surface area contributed by atoms with Gasteiger partial charge in [-0.15, -0.1) is 0 Å². The SMILES string of the molecule is CCN(CC)CCN(C(=O)Cc1c(C)cc(C)cc1C)c1nc2ccc(C)cc2s1. The summed E-state index contributed by atoms with van der Waals surface area (Å²) < 4.78 is 1.13. The molecule has 2 aromatic carbocycles. The first-order valence-electron chi connectivity index (χ1n) is 10.8. The summed E-state index contributed by atoms with van der Waals surface area (Å²) in [4.78, 5) is 22.6. The molecule has 0 aliphatic carbocycles. The summed E-state index contributed by atoms with van der Waals surface area (Å²) in [5.41, 5.74) is 6.92. The molecule has 0 aliphatic heterocycles. The van der Waals surface area contributed by atoms with Crippen LogP contribution in [-0.4, -0.2) is 42.0 Å². The van der Waals surface area contributed by atoms with Gasteiger partial charge in [0.25, 0.3) is 0 Å². The van der Waals surface area contributed by atoms with Gasteiger partial charge in [0.1, 0.15) is 0 Å². The zero-order chi connectivity index (χ0) is 21.8. The molecular weight excluding hydrogens is 390 g/mol. The van der Waals surface area contributed by atoms with Gasteiger partial charge in [-0.1, -0.05) is 48.9 Å². The van der Waals surface area contributed by atoms with Gasteiger partial charge in [-0.05, 0) is 75.2 Å². The first-order chi connectivity index (χ1) is 14.3. The van der Waals surface area contributed by atoms with Gasteiger partial charge in [0.05, 0.1) is 16.6 Å². The molecule has 0 N–H and O–H groups in total. The fraction of sp³-hybridized carbons (Fsp3) is 0.440. The second kappa shape index (κ2) is 9.71. The number of rotatable bonds is 8. The molecule has 0 aliphatic rings. The minimum Gasteiger partial charge on any atom is -0.302 e. The first-order valence-corrected chi connectivity index (χ1v) is 11.6. The number of hydrogen-bond acceptors (Lipinski definition) is 4. The second-order valence-corrected chi connectivity index (χ2v) is 9.10. The van der Waals surface area contributed by atoms with Crippen LogP contribution in [0.3, 0.4) is 0 Å². The van der Waals surface area contributed by atoms with Gasteiger partial charge in [0.15, 0.2) is 5.13 Å². The molecule has 5 heteroatoms. The standard InChI is InChI=1S/C25H33N3OS/c1-7-27(8-2)11-12-28(25-26-22-10-9-17(3)15-23(22)30-25)24(29)16-21-19(5)13-18(4)14-20(21)6/h9-10,13-15H,7-8,11-12,16H2,1-6H3. The van der Waals surface area contributed by atoms with Crippen LogP contribution in [0.5, 0.6) is 0 Å². The highest BCUT2D eigenvalue weighted by molar-refractivity contribution is 7.22. The lowest BCUT2D eigenvalue weighted by Crippen LogP contribution is -2.39. The Balaban J connectivity index is 1.92. The largest absolute Gasteiger partial charge is 0.302 e. The quantitative estimate of drug-likeness (QED) is 0.483. The van der Waals surface area contributed by atoms with Crippen LogP contribution in [-0.2, 0) is 11.2 Å². The van der Waals surface area contributed by atoms with Crippen LogP contribution >= 0.6 is 11.3 Å². The minimum atomic E-state index is 0.119. The van der Waals surface area contributed by atoms with Gasteiger partial charge in [-0.25, -0.2) is 4.98 Å². The van der Waals surface area contributed by atoms with E-state index in [1.54, 1.807) is 11.3 Å². The van der Waals surface area contributed by atoms with Crippen LogP contribution in [0.1, 0.15) is 41.7 Å². The molecule has 0 atom stereocenters. The molecule has 160 valence electrons. The molecule has 0 fully saturated rings. The molecule has 30 heavy (non-hydrogen) atoms. The number of aryl methyl sites for hydroxylation is 4. The van der Waals surface area contributed by atoms with Crippen LogP contribution in [0.2, 0.25) is 0 Å². The van der Waals surface area contributed by atoms with E-state index in [1.807, 2.05) is 11.0 Å². The van der Waals surface area contributed by atoms with Gasteiger partial charge >= 0.3 is 0 Å². The number of anilines is 1. The lowest BCUT2D eigenvalue weighted by Gasteiger charge is -2.25. The van der Waals surface area contributed by atoms with E-state index in [4.69, 9.17) is 4.98 Å². The third kappa shape index (κ3) is 5.08. The van der Waals surface area contributed by atoms with Gasteiger partial charge in [0, 0.05) is 13.1 Å². The van der Waals surface area contributed by atoms with Crippen molar-refractivity contribution in [3.8, 4) is 0 Å². The van der Waals surface area contributed by atoms with E-state index in [0.29, 0.717) is 13.0 Å². The zero-order valence-electron chi connectivity index (χ0n) is 19.1. The van der Waals surface area contributed by atoms with E-state index in [1.165, 1.54) is 22.3 Å². The van der Waals surface area contributed by atoms with Crippen molar-refractivity contribution in [1.29, 1.82) is 0 Å². The number of nitrogens with zero attached hydrogens (tertiary/aromatic N) is 3. The number of hydrogen-bond donors (Lipinski definition) is 0. The van der Waals surface area contributed by atoms with Gasteiger partial charge in [-0.3, -0.25) is 9.69 Å². The Kier molecular flexibility index (Phi) is 7.27. The maximum atomic E-state index is 13.5. The Bertz CT molecular complexity index is 1010. The molecule has 1 aromatic heterocycles. The maximum absolute atomic E-state index is 13.5. The van der Waals surface area contributed by atoms with E-state index in [2.05, 4.69) is 70.7 Å². The smallest absolute Gasteiger partial charge is 0.233 e. The van der Waals surface area contributed by atoms with Crippen molar-refractivity contribution in [2.75, 3.05) is 31.1 Å². The molecule has 0 saturated heterocycles. The summed E-state index contributed by atoms with van der Waals surface area (Å²) in [6.07, 6.45) is 0.408. The highest BCUT2D eigenvalue weighted by Crippen LogP contribution is 2.30. The average molecular weight is 424 g/mol. The number of thiazole rings is 1. The first kappa shape index (κ1) is 22.4. The van der Waals surface area contributed by atoms with Crippen molar-refractivity contribution in [3.63, 3.8) is 0 Å². The monoisotopic (exact) mass is 423 g/mol. The number of carbonyl (C=O) groups excluding carboxylic acids is 1. The van der Waals surface area contributed by atoms with Gasteiger partial charge in [0.2, 0.25) is 5.91 Å². The normalized spacial score (nSPS) is 11.4. The van der Waals surface area contributed by atoms with E-state index >= 15 is 0 Å². The molecule has 1 amide bonds. The number of carbonyl (C=O) groups is 1. The fourth-order valence-corrected chi connectivity index (χ4v) is 5.09. The maximum Gasteiger partial charge on any atom is 0.233 e. The van der Waals surface area contributed by atoms with Crippen molar-refractivity contribution in [2.24, 2.45) is 0 Å². The van der Waals surface area contributed by atoms with Crippen molar-refractivity contribution in [3.05, 3.63) is 58.1 Å². The molecular formula is C25H33N3OS. The summed E-state index contributed by atoms with van der Waals surface area (Å²) in [6.45, 7) is 16.2. The Hall–Kier alpha value is -2.24. The molecule has 0 spiro atoms. The zero-order valence-corrected chi connectivity index (χ0v) is 19.9. The Morgan fingerprint density at radius 1 is 0.933 bits per heavy atom. The van der Waals surface area contributed by atoms with E-state index in [9.17, 15) is 4.79 Å². The molecule has 0 unspecified atom stereocenters. The molecule has 0 saturated carbocycles. The van der Waals surface area contributed by atoms with Crippen LogP contribution in [0.4, 0.5) is 5.13 Å². The lowest BCUT2D eigenvalue weighted by molar-refractivity contribution is -0.118. The summed E-state index contributed by atoms with van der Waals surface area (Å²) in [5, 5.41) is 0.801. The van der Waals surface area contributed by atoms with Crippen molar-refractivity contribution < 1.29 is 4.79 Å². The minimum absolute atomic E-state index is 0.119. The molecule has 1 heterocycles. The Morgan fingerprint density at radius 3 is 2.23 bits per heavy atom. The Labute approximate surface area is 184 Å². The van der Waals surface area contributed by atoms with Crippen molar-refractivity contribution in [2.45, 2.75) is 48.0 Å². The Morgan fingerprint density at radius 2 is 1.60 bits per heavy atom. The number of likely N-dealkylation sites (N-methyl/N-ethyl adjacent to an activating group) is 1. The highest BCUT2D eigenvalue weighted by Gasteiger charge is 2.22. The third-order valence-electron chi connectivity index (χ3n) is 5.77. The average Bonchev–Trinajstić information content (AvgIpc) is 3.10. The summed E-state index contributed by atoms with van der Waals surface area (Å²) in [6, 6.07) is 10.6. The topological polar surface area (TPSA) is 36.4 Å². The number of amides is 1. The number of fused-ring (bicyclic) bond motifs is 1. The molecule has 4 nitrogen and oxygen atoms in total. The molecule has 0 bridgehead atoms. The highest BCUT2D eigenvalue weighted by atomic mass is 32.1. The van der Waals surface area contributed by atoms with Crippen LogP contribution < -0.4 is 4.90 Å². The number of aromatic nitrogens is 1. The van der Waals surface area contributed by atoms with Crippen LogP contribution in [0.15, 0.2) is 30.3 Å². The molecule has 3 aromatic rings. The third-order valence-corrected chi connectivity index (χ3v) is 6.81. The van der Waals surface area contributed by atoms with E-state index < -0.39 is 0 Å². The van der Waals surface area contributed by atoms with Gasteiger partial charge < -0.3 is 4.90 Å². The summed E-state index contributed by atoms with van der Waals surface area (Å²) >= 11 is 1.61. The van der Waals surface area contributed by atoms with E-state index in [-0.39, 0.29) is 5.91 Å². The predicted octanol–water partition coefficient (Wildman–Crippen LogP) is 5.45. The molecule has 3 rings (SSSR count). The lowest BCUT2D eigenvalue weighted by atomic mass is 9.97.